The molecule has 4 heteroatoms. The quantitative estimate of drug-likeness (QED) is 0.892. The zero-order valence-corrected chi connectivity index (χ0v) is 10.9. The number of nitrogens with zero attached hydrogens (tertiary/aromatic N) is 1. The summed E-state index contributed by atoms with van der Waals surface area (Å²) >= 11 is 6.04. The Morgan fingerprint density at radius 2 is 2.33 bits per heavy atom. The highest BCUT2D eigenvalue weighted by molar-refractivity contribution is 6.30. The van der Waals surface area contributed by atoms with Crippen molar-refractivity contribution in [2.24, 2.45) is 5.92 Å². The van der Waals surface area contributed by atoms with Crippen LogP contribution in [-0.2, 0) is 6.42 Å². The van der Waals surface area contributed by atoms with Crippen molar-refractivity contribution in [2.45, 2.75) is 12.8 Å². The van der Waals surface area contributed by atoms with Gasteiger partial charge >= 0.3 is 0 Å². The van der Waals surface area contributed by atoms with Crippen LogP contribution in [0.25, 0.3) is 11.1 Å². The van der Waals surface area contributed by atoms with E-state index < -0.39 is 0 Å². The molecule has 3 rings (SSSR count). The molecule has 0 spiro atoms. The van der Waals surface area contributed by atoms with Gasteiger partial charge in [-0.2, -0.15) is 5.10 Å². The highest BCUT2D eigenvalue weighted by Gasteiger charge is 2.18. The molecule has 1 aromatic heterocycles. The second-order valence-corrected chi connectivity index (χ2v) is 5.27. The minimum Gasteiger partial charge on any atom is -0.316 e. The molecule has 0 bridgehead atoms. The van der Waals surface area contributed by atoms with Gasteiger partial charge in [-0.25, -0.2) is 0 Å². The smallest absolute Gasteiger partial charge is 0.0568 e. The number of rotatable bonds is 3. The molecule has 0 saturated carbocycles. The number of hydrogen-bond acceptors (Lipinski definition) is 2. The van der Waals surface area contributed by atoms with Crippen LogP contribution < -0.4 is 5.32 Å². The summed E-state index contributed by atoms with van der Waals surface area (Å²) in [6, 6.07) is 7.94. The fourth-order valence-electron chi connectivity index (χ4n) is 2.55. The third-order valence-electron chi connectivity index (χ3n) is 3.51. The lowest BCUT2D eigenvalue weighted by Crippen LogP contribution is -2.11. The van der Waals surface area contributed by atoms with Crippen LogP contribution in [0.1, 0.15) is 12.1 Å². The fraction of sp³-hybridized carbons (Fsp3) is 0.357. The van der Waals surface area contributed by atoms with Gasteiger partial charge < -0.3 is 5.32 Å². The van der Waals surface area contributed by atoms with Gasteiger partial charge in [-0.15, -0.1) is 0 Å². The maximum absolute atomic E-state index is 6.04. The minimum absolute atomic E-state index is 0.711. The predicted octanol–water partition coefficient (Wildman–Crippen LogP) is 2.88. The number of H-pyrrole nitrogens is 1. The van der Waals surface area contributed by atoms with Gasteiger partial charge in [-0.3, -0.25) is 5.10 Å². The van der Waals surface area contributed by atoms with Crippen molar-refractivity contribution in [3.05, 3.63) is 41.2 Å². The van der Waals surface area contributed by atoms with Gasteiger partial charge in [0.05, 0.1) is 6.20 Å². The van der Waals surface area contributed by atoms with Crippen LogP contribution in [0.3, 0.4) is 0 Å². The van der Waals surface area contributed by atoms with Crippen LogP contribution in [0.5, 0.6) is 0 Å². The van der Waals surface area contributed by atoms with E-state index in [4.69, 9.17) is 11.6 Å². The average molecular weight is 262 g/mol. The summed E-state index contributed by atoms with van der Waals surface area (Å²) in [6.07, 6.45) is 4.19. The summed E-state index contributed by atoms with van der Waals surface area (Å²) in [5, 5.41) is 11.5. The van der Waals surface area contributed by atoms with Gasteiger partial charge in [0.2, 0.25) is 0 Å². The SMILES string of the molecule is Clc1cccc(-c2cn[nH]c2CC2CCNC2)c1. The van der Waals surface area contributed by atoms with E-state index in [2.05, 4.69) is 21.6 Å². The van der Waals surface area contributed by atoms with Crippen LogP contribution >= 0.6 is 11.6 Å². The van der Waals surface area contributed by atoms with Crippen molar-refractivity contribution in [3.8, 4) is 11.1 Å². The highest BCUT2D eigenvalue weighted by Crippen LogP contribution is 2.27. The molecule has 3 nitrogen and oxygen atoms in total. The third-order valence-corrected chi connectivity index (χ3v) is 3.74. The molecule has 1 fully saturated rings. The fourth-order valence-corrected chi connectivity index (χ4v) is 2.74. The maximum atomic E-state index is 6.04. The molecule has 1 aromatic carbocycles. The Morgan fingerprint density at radius 1 is 1.39 bits per heavy atom. The van der Waals surface area contributed by atoms with Crippen LogP contribution in [-0.4, -0.2) is 23.3 Å². The molecule has 1 aliphatic heterocycles. The Labute approximate surface area is 112 Å². The Bertz CT molecular complexity index is 529. The lowest BCUT2D eigenvalue weighted by atomic mass is 9.97. The van der Waals surface area contributed by atoms with E-state index in [9.17, 15) is 0 Å². The third kappa shape index (κ3) is 2.42. The molecular weight excluding hydrogens is 246 g/mol. The summed E-state index contributed by atoms with van der Waals surface area (Å²) in [7, 11) is 0. The number of nitrogens with one attached hydrogen (secondary N) is 2. The minimum atomic E-state index is 0.711. The van der Waals surface area contributed by atoms with E-state index in [0.29, 0.717) is 5.92 Å². The topological polar surface area (TPSA) is 40.7 Å². The van der Waals surface area contributed by atoms with Crippen molar-refractivity contribution >= 4 is 11.6 Å². The Morgan fingerprint density at radius 3 is 3.11 bits per heavy atom. The number of aromatic amines is 1. The van der Waals surface area contributed by atoms with Gasteiger partial charge in [-0.05, 0) is 49.5 Å². The summed E-state index contributed by atoms with van der Waals surface area (Å²) in [6.45, 7) is 2.24. The van der Waals surface area contributed by atoms with Crippen LogP contribution in [0.2, 0.25) is 5.02 Å². The lowest BCUT2D eigenvalue weighted by molar-refractivity contribution is 0.571. The molecule has 1 saturated heterocycles. The second-order valence-electron chi connectivity index (χ2n) is 4.84. The van der Waals surface area contributed by atoms with Crippen molar-refractivity contribution < 1.29 is 0 Å². The molecule has 1 atom stereocenters. The van der Waals surface area contributed by atoms with E-state index >= 15 is 0 Å². The molecule has 0 amide bonds. The first kappa shape index (κ1) is 11.8. The number of hydrogen-bond donors (Lipinski definition) is 2. The molecule has 1 aliphatic rings. The normalized spacial score (nSPS) is 19.3. The molecule has 2 heterocycles. The Kier molecular flexibility index (Phi) is 3.35. The van der Waals surface area contributed by atoms with Gasteiger partial charge in [0.15, 0.2) is 0 Å². The first-order chi connectivity index (χ1) is 8.83. The summed E-state index contributed by atoms with van der Waals surface area (Å²) in [5.41, 5.74) is 3.52. The molecule has 0 aliphatic carbocycles. The lowest BCUT2D eigenvalue weighted by Gasteiger charge is -2.08. The zero-order valence-electron chi connectivity index (χ0n) is 10.1. The van der Waals surface area contributed by atoms with Crippen molar-refractivity contribution in [2.75, 3.05) is 13.1 Å². The standard InChI is InChI=1S/C14H16ClN3/c15-12-3-1-2-11(7-12)13-9-17-18-14(13)6-10-4-5-16-8-10/h1-3,7,9-10,16H,4-6,8H2,(H,17,18). The first-order valence-electron chi connectivity index (χ1n) is 6.32. The van der Waals surface area contributed by atoms with Crippen molar-refractivity contribution in [1.82, 2.24) is 15.5 Å². The van der Waals surface area contributed by atoms with Gasteiger partial charge in [0, 0.05) is 16.3 Å². The first-order valence-corrected chi connectivity index (χ1v) is 6.69. The van der Waals surface area contributed by atoms with Gasteiger partial charge in [0.1, 0.15) is 0 Å². The maximum Gasteiger partial charge on any atom is 0.0568 e. The largest absolute Gasteiger partial charge is 0.316 e. The van der Waals surface area contributed by atoms with Crippen LogP contribution in [0.4, 0.5) is 0 Å². The molecular formula is C14H16ClN3. The van der Waals surface area contributed by atoms with Gasteiger partial charge in [-0.1, -0.05) is 23.7 Å². The van der Waals surface area contributed by atoms with Crippen molar-refractivity contribution in [1.29, 1.82) is 0 Å². The molecule has 1 unspecified atom stereocenters. The summed E-state index contributed by atoms with van der Waals surface area (Å²) < 4.78 is 0. The molecule has 18 heavy (non-hydrogen) atoms. The number of halogens is 1. The summed E-state index contributed by atoms with van der Waals surface area (Å²) in [5.74, 6) is 0.711. The van der Waals surface area contributed by atoms with E-state index in [-0.39, 0.29) is 0 Å². The predicted molar refractivity (Wildman–Crippen MR) is 73.7 cm³/mol. The monoisotopic (exact) mass is 261 g/mol. The number of aromatic nitrogens is 2. The Hall–Kier alpha value is -1.32. The van der Waals surface area contributed by atoms with Crippen LogP contribution in [0.15, 0.2) is 30.5 Å². The Balaban J connectivity index is 1.86. The van der Waals surface area contributed by atoms with E-state index in [1.807, 2.05) is 24.4 Å². The van der Waals surface area contributed by atoms with E-state index in [1.165, 1.54) is 17.7 Å². The van der Waals surface area contributed by atoms with E-state index in [1.54, 1.807) is 0 Å². The van der Waals surface area contributed by atoms with Gasteiger partial charge in [0.25, 0.3) is 0 Å². The van der Waals surface area contributed by atoms with E-state index in [0.717, 1.165) is 30.1 Å². The summed E-state index contributed by atoms with van der Waals surface area (Å²) in [4.78, 5) is 0. The molecule has 94 valence electrons. The van der Waals surface area contributed by atoms with Crippen molar-refractivity contribution in [3.63, 3.8) is 0 Å². The number of benzene rings is 1. The average Bonchev–Trinajstić information content (AvgIpc) is 3.01. The molecule has 2 N–H and O–H groups in total. The van der Waals surface area contributed by atoms with Crippen LogP contribution in [0, 0.1) is 5.92 Å². The highest BCUT2D eigenvalue weighted by atomic mass is 35.5. The molecule has 2 aromatic rings. The second kappa shape index (κ2) is 5.12. The molecule has 0 radical (unpaired) electrons. The zero-order chi connectivity index (χ0) is 12.4.